The minimum atomic E-state index is -1.31. The van der Waals surface area contributed by atoms with Crippen LogP contribution in [0.15, 0.2) is 30.6 Å². The fourth-order valence-corrected chi connectivity index (χ4v) is 5.86. The summed E-state index contributed by atoms with van der Waals surface area (Å²) in [4.78, 5) is 32.2. The first-order chi connectivity index (χ1) is 19.4. The van der Waals surface area contributed by atoms with Crippen LogP contribution in [0.1, 0.15) is 71.5 Å². The molecule has 0 spiro atoms. The Bertz CT molecular complexity index is 1540. The number of aliphatic carboxylic acids is 1. The zero-order valence-electron chi connectivity index (χ0n) is 24.3. The van der Waals surface area contributed by atoms with Crippen LogP contribution in [-0.2, 0) is 22.4 Å². The molecule has 216 valence electrons. The van der Waals surface area contributed by atoms with Gasteiger partial charge in [-0.05, 0) is 99.9 Å². The molecular formula is C32H35FN2O6. The molecule has 0 unspecified atom stereocenters. The van der Waals surface area contributed by atoms with Crippen LogP contribution < -0.4 is 14.4 Å². The number of carbonyl (C=O) groups excluding carboxylic acids is 1. The van der Waals surface area contributed by atoms with Gasteiger partial charge in [0.1, 0.15) is 5.75 Å². The summed E-state index contributed by atoms with van der Waals surface area (Å²) in [7, 11) is 1.51. The van der Waals surface area contributed by atoms with Crippen LogP contribution in [0.5, 0.6) is 11.5 Å². The third-order valence-electron chi connectivity index (χ3n) is 7.64. The smallest absolute Gasteiger partial charge is 0.337 e. The fraction of sp³-hybridized carbons (Fsp3) is 0.406. The normalized spacial score (nSPS) is 15.1. The second-order valence-corrected chi connectivity index (χ2v) is 11.5. The Morgan fingerprint density at radius 3 is 2.56 bits per heavy atom. The Labute approximate surface area is 239 Å². The van der Waals surface area contributed by atoms with E-state index in [2.05, 4.69) is 4.98 Å². The Kier molecular flexibility index (Phi) is 7.50. The highest BCUT2D eigenvalue weighted by atomic mass is 19.1. The van der Waals surface area contributed by atoms with Gasteiger partial charge in [-0.2, -0.15) is 0 Å². The first-order valence-electron chi connectivity index (χ1n) is 13.7. The van der Waals surface area contributed by atoms with Crippen molar-refractivity contribution in [1.82, 2.24) is 4.98 Å². The first-order valence-corrected chi connectivity index (χ1v) is 13.7. The SMILES string of the molecule is COc1cncc(C(=O)N2CCc3c2cc(C)c([C@H](OC(C)(C)C)C(=O)O)c3-c2cc(F)c3c(c2C)CCCO3)c1. The number of pyridine rings is 1. The van der Waals surface area contributed by atoms with Crippen molar-refractivity contribution in [3.8, 4) is 22.6 Å². The number of benzene rings is 2. The molecule has 0 saturated carbocycles. The maximum atomic E-state index is 15.6. The van der Waals surface area contributed by atoms with Crippen LogP contribution in [-0.4, -0.2) is 47.8 Å². The molecule has 1 aromatic heterocycles. The number of nitrogens with zero attached hydrogens (tertiary/aromatic N) is 2. The van der Waals surface area contributed by atoms with E-state index in [0.29, 0.717) is 65.2 Å². The lowest BCUT2D eigenvalue weighted by atomic mass is 9.83. The van der Waals surface area contributed by atoms with E-state index >= 15 is 4.39 Å². The molecule has 2 aromatic carbocycles. The molecule has 8 nitrogen and oxygen atoms in total. The van der Waals surface area contributed by atoms with E-state index in [9.17, 15) is 14.7 Å². The number of anilines is 1. The quantitative estimate of drug-likeness (QED) is 0.395. The van der Waals surface area contributed by atoms with E-state index in [0.717, 1.165) is 23.1 Å². The number of hydrogen-bond acceptors (Lipinski definition) is 6. The van der Waals surface area contributed by atoms with Gasteiger partial charge in [0, 0.05) is 29.6 Å². The summed E-state index contributed by atoms with van der Waals surface area (Å²) in [6, 6.07) is 4.91. The number of carboxylic acids is 1. The van der Waals surface area contributed by atoms with Gasteiger partial charge >= 0.3 is 5.97 Å². The summed E-state index contributed by atoms with van der Waals surface area (Å²) in [6.45, 7) is 9.95. The van der Waals surface area contributed by atoms with E-state index in [4.69, 9.17) is 14.2 Å². The number of halogens is 1. The van der Waals surface area contributed by atoms with Crippen molar-refractivity contribution in [2.45, 2.75) is 65.6 Å². The molecule has 5 rings (SSSR count). The lowest BCUT2D eigenvalue weighted by Gasteiger charge is -2.30. The second kappa shape index (κ2) is 10.8. The minimum Gasteiger partial charge on any atom is -0.495 e. The highest BCUT2D eigenvalue weighted by Crippen LogP contribution is 2.47. The zero-order valence-corrected chi connectivity index (χ0v) is 24.3. The number of amides is 1. The molecule has 2 aliphatic heterocycles. The van der Waals surface area contributed by atoms with Gasteiger partial charge in [0.2, 0.25) is 0 Å². The van der Waals surface area contributed by atoms with Crippen LogP contribution in [0.4, 0.5) is 10.1 Å². The van der Waals surface area contributed by atoms with Gasteiger partial charge in [0.25, 0.3) is 5.91 Å². The molecule has 1 atom stereocenters. The molecule has 1 amide bonds. The number of aryl methyl sites for hydroxylation is 1. The molecule has 0 aliphatic carbocycles. The fourth-order valence-electron chi connectivity index (χ4n) is 5.86. The number of carboxylic acid groups (broad SMARTS) is 1. The Morgan fingerprint density at radius 1 is 1.12 bits per heavy atom. The van der Waals surface area contributed by atoms with Crippen molar-refractivity contribution >= 4 is 17.6 Å². The van der Waals surface area contributed by atoms with Gasteiger partial charge in [-0.15, -0.1) is 0 Å². The largest absolute Gasteiger partial charge is 0.495 e. The van der Waals surface area contributed by atoms with Gasteiger partial charge in [0.15, 0.2) is 17.7 Å². The van der Waals surface area contributed by atoms with Gasteiger partial charge < -0.3 is 24.2 Å². The number of carbonyl (C=O) groups is 2. The van der Waals surface area contributed by atoms with Crippen molar-refractivity contribution in [1.29, 1.82) is 0 Å². The van der Waals surface area contributed by atoms with Crippen LogP contribution in [0.25, 0.3) is 11.1 Å². The average molecular weight is 563 g/mol. The van der Waals surface area contributed by atoms with E-state index in [1.165, 1.54) is 25.6 Å². The number of hydrogen-bond donors (Lipinski definition) is 1. The van der Waals surface area contributed by atoms with Crippen LogP contribution in [0.2, 0.25) is 0 Å². The monoisotopic (exact) mass is 562 g/mol. The topological polar surface area (TPSA) is 98.2 Å². The molecule has 3 aromatic rings. The van der Waals surface area contributed by atoms with Crippen molar-refractivity contribution in [2.24, 2.45) is 0 Å². The Morgan fingerprint density at radius 2 is 1.88 bits per heavy atom. The van der Waals surface area contributed by atoms with E-state index in [-0.39, 0.29) is 11.7 Å². The van der Waals surface area contributed by atoms with Gasteiger partial charge in [-0.3, -0.25) is 9.78 Å². The predicted octanol–water partition coefficient (Wildman–Crippen LogP) is 5.98. The molecule has 0 radical (unpaired) electrons. The number of rotatable bonds is 6. The second-order valence-electron chi connectivity index (χ2n) is 11.5. The average Bonchev–Trinajstić information content (AvgIpc) is 3.35. The molecule has 0 fully saturated rings. The lowest BCUT2D eigenvalue weighted by molar-refractivity contribution is -0.160. The van der Waals surface area contributed by atoms with Crippen LogP contribution in [0, 0.1) is 19.7 Å². The summed E-state index contributed by atoms with van der Waals surface area (Å²) in [5.74, 6) is -1.16. The van der Waals surface area contributed by atoms with Gasteiger partial charge in [-0.25, -0.2) is 9.18 Å². The highest BCUT2D eigenvalue weighted by Gasteiger charge is 2.37. The standard InChI is InChI=1S/C32H35FN2O6/c1-17-12-25-22(9-10-35(25)30(36)19-13-20(39-6)16-34-15-19)27(26(17)29(31(37)38)41-32(3,4)5)23-14-24(33)28-21(18(23)2)8-7-11-40-28/h12-16,29H,7-11H2,1-6H3,(H,37,38)/t29-/m0/s1. The zero-order chi connectivity index (χ0) is 29.6. The van der Waals surface area contributed by atoms with Crippen molar-refractivity contribution in [2.75, 3.05) is 25.2 Å². The van der Waals surface area contributed by atoms with E-state index < -0.39 is 23.5 Å². The third-order valence-corrected chi connectivity index (χ3v) is 7.64. The number of ether oxygens (including phenoxy) is 3. The maximum absolute atomic E-state index is 15.6. The lowest BCUT2D eigenvalue weighted by Crippen LogP contribution is -2.30. The maximum Gasteiger partial charge on any atom is 0.337 e. The highest BCUT2D eigenvalue weighted by molar-refractivity contribution is 6.08. The Hall–Kier alpha value is -3.98. The molecule has 9 heteroatoms. The molecule has 1 N–H and O–H groups in total. The summed E-state index contributed by atoms with van der Waals surface area (Å²) < 4.78 is 32.6. The van der Waals surface area contributed by atoms with Crippen molar-refractivity contribution in [3.63, 3.8) is 0 Å². The number of methoxy groups -OCH3 is 1. The van der Waals surface area contributed by atoms with Crippen LogP contribution in [0.3, 0.4) is 0 Å². The summed E-state index contributed by atoms with van der Waals surface area (Å²) in [5.41, 5.74) is 4.92. The molecule has 41 heavy (non-hydrogen) atoms. The van der Waals surface area contributed by atoms with Crippen molar-refractivity contribution in [3.05, 3.63) is 69.8 Å². The van der Waals surface area contributed by atoms with E-state index in [1.807, 2.05) is 19.9 Å². The van der Waals surface area contributed by atoms with Crippen molar-refractivity contribution < 1.29 is 33.3 Å². The van der Waals surface area contributed by atoms with Gasteiger partial charge in [-0.1, -0.05) is 0 Å². The number of aromatic nitrogens is 1. The summed E-state index contributed by atoms with van der Waals surface area (Å²) in [5, 5.41) is 10.4. The summed E-state index contributed by atoms with van der Waals surface area (Å²) in [6.07, 6.45) is 3.59. The summed E-state index contributed by atoms with van der Waals surface area (Å²) >= 11 is 0. The minimum absolute atomic E-state index is 0.254. The molecule has 2 aliphatic rings. The molecule has 3 heterocycles. The third kappa shape index (κ3) is 5.26. The first kappa shape index (κ1) is 28.5. The predicted molar refractivity (Wildman–Crippen MR) is 153 cm³/mol. The molecular weight excluding hydrogens is 527 g/mol. The molecule has 0 bridgehead atoms. The van der Waals surface area contributed by atoms with E-state index in [1.54, 1.807) is 31.7 Å². The van der Waals surface area contributed by atoms with Crippen LogP contribution >= 0.6 is 0 Å². The molecule has 0 saturated heterocycles. The van der Waals surface area contributed by atoms with Gasteiger partial charge in [0.05, 0.1) is 31.1 Å². The Balaban J connectivity index is 1.76. The number of fused-ring (bicyclic) bond motifs is 2.